The van der Waals surface area contributed by atoms with Gasteiger partial charge in [0.1, 0.15) is 4.90 Å². The first-order valence-corrected chi connectivity index (χ1v) is 9.95. The van der Waals surface area contributed by atoms with Crippen molar-refractivity contribution in [2.24, 2.45) is 0 Å². The smallest absolute Gasteiger partial charge is 0.245 e. The number of hydrogen-bond acceptors (Lipinski definition) is 4. The van der Waals surface area contributed by atoms with Crippen LogP contribution in [0.1, 0.15) is 24.7 Å². The van der Waals surface area contributed by atoms with E-state index in [1.165, 1.54) is 10.4 Å². The molecule has 4 rings (SSSR count). The Kier molecular flexibility index (Phi) is 4.19. The topological polar surface area (TPSA) is 67.6 Å². The van der Waals surface area contributed by atoms with Crippen LogP contribution in [0, 0.1) is 0 Å². The van der Waals surface area contributed by atoms with Crippen LogP contribution in [0.25, 0.3) is 5.65 Å². The molecule has 1 fully saturated rings. The predicted molar refractivity (Wildman–Crippen MR) is 95.3 cm³/mol. The Hall–Kier alpha value is -1.67. The first kappa shape index (κ1) is 16.8. The van der Waals surface area contributed by atoms with E-state index >= 15 is 0 Å². The van der Waals surface area contributed by atoms with Crippen molar-refractivity contribution in [3.8, 4) is 0 Å². The third kappa shape index (κ3) is 2.71. The predicted octanol–water partition coefficient (Wildman–Crippen LogP) is 3.56. The SMILES string of the molecule is O=S(=O)(c1cccc(Cl)c1Cl)N1CCCC1c1nnc2ccccn12. The van der Waals surface area contributed by atoms with Crippen LogP contribution < -0.4 is 0 Å². The molecule has 1 unspecified atom stereocenters. The van der Waals surface area contributed by atoms with Crippen molar-refractivity contribution < 1.29 is 8.42 Å². The van der Waals surface area contributed by atoms with Crippen LogP contribution in [-0.4, -0.2) is 33.9 Å². The van der Waals surface area contributed by atoms with Gasteiger partial charge in [-0.1, -0.05) is 35.3 Å². The molecular formula is C16H14Cl2N4O2S. The Labute approximate surface area is 155 Å². The van der Waals surface area contributed by atoms with Gasteiger partial charge in [0, 0.05) is 12.7 Å². The second-order valence-corrected chi connectivity index (χ2v) is 8.46. The lowest BCUT2D eigenvalue weighted by Crippen LogP contribution is -2.31. The molecule has 0 amide bonds. The van der Waals surface area contributed by atoms with Gasteiger partial charge in [0.25, 0.3) is 0 Å². The van der Waals surface area contributed by atoms with E-state index in [0.717, 1.165) is 6.42 Å². The summed E-state index contributed by atoms with van der Waals surface area (Å²) in [5.74, 6) is 0.606. The zero-order valence-corrected chi connectivity index (χ0v) is 15.3. The molecule has 2 aromatic heterocycles. The molecule has 1 atom stereocenters. The van der Waals surface area contributed by atoms with Gasteiger partial charge in [-0.3, -0.25) is 4.40 Å². The molecule has 0 bridgehead atoms. The molecule has 1 aliphatic heterocycles. The molecule has 9 heteroatoms. The van der Waals surface area contributed by atoms with Crippen LogP contribution in [-0.2, 0) is 10.0 Å². The molecule has 0 aliphatic carbocycles. The van der Waals surface area contributed by atoms with Crippen molar-refractivity contribution in [3.63, 3.8) is 0 Å². The van der Waals surface area contributed by atoms with Gasteiger partial charge in [-0.15, -0.1) is 10.2 Å². The van der Waals surface area contributed by atoms with E-state index < -0.39 is 16.1 Å². The van der Waals surface area contributed by atoms with Gasteiger partial charge in [0.2, 0.25) is 10.0 Å². The molecule has 6 nitrogen and oxygen atoms in total. The third-order valence-corrected chi connectivity index (χ3v) is 7.23. The fraction of sp³-hybridized carbons (Fsp3) is 0.250. The number of pyridine rings is 1. The fourth-order valence-electron chi connectivity index (χ4n) is 3.18. The Morgan fingerprint density at radius 3 is 2.76 bits per heavy atom. The highest BCUT2D eigenvalue weighted by molar-refractivity contribution is 7.89. The summed E-state index contributed by atoms with van der Waals surface area (Å²) in [6.07, 6.45) is 3.25. The second kappa shape index (κ2) is 6.25. The van der Waals surface area contributed by atoms with E-state index in [9.17, 15) is 8.42 Å². The van der Waals surface area contributed by atoms with Crippen LogP contribution in [0.15, 0.2) is 47.5 Å². The van der Waals surface area contributed by atoms with Gasteiger partial charge < -0.3 is 0 Å². The molecule has 130 valence electrons. The van der Waals surface area contributed by atoms with E-state index in [1.54, 1.807) is 12.1 Å². The Bertz CT molecular complexity index is 1050. The van der Waals surface area contributed by atoms with E-state index in [-0.39, 0.29) is 14.9 Å². The molecule has 1 aromatic carbocycles. The van der Waals surface area contributed by atoms with E-state index in [0.29, 0.717) is 24.4 Å². The van der Waals surface area contributed by atoms with Gasteiger partial charge in [0.05, 0.1) is 16.1 Å². The first-order valence-electron chi connectivity index (χ1n) is 7.75. The molecule has 25 heavy (non-hydrogen) atoms. The number of benzene rings is 1. The van der Waals surface area contributed by atoms with Crippen molar-refractivity contribution in [1.82, 2.24) is 18.9 Å². The highest BCUT2D eigenvalue weighted by Crippen LogP contribution is 2.39. The van der Waals surface area contributed by atoms with Gasteiger partial charge in [-0.05, 0) is 37.1 Å². The minimum atomic E-state index is -3.80. The van der Waals surface area contributed by atoms with Crippen LogP contribution in [0.3, 0.4) is 0 Å². The monoisotopic (exact) mass is 396 g/mol. The number of halogens is 2. The van der Waals surface area contributed by atoms with Crippen LogP contribution in [0.2, 0.25) is 10.0 Å². The van der Waals surface area contributed by atoms with E-state index in [1.807, 2.05) is 28.8 Å². The standard InChI is InChI=1S/C16H14Cl2N4O2S/c17-11-5-3-7-13(15(11)18)25(23,24)22-10-4-6-12(22)16-20-19-14-8-1-2-9-21(14)16/h1-3,5,7-9,12H,4,6,10H2. The summed E-state index contributed by atoms with van der Waals surface area (Å²) in [4.78, 5) is 0.0161. The number of sulfonamides is 1. The molecule has 3 heterocycles. The fourth-order valence-corrected chi connectivity index (χ4v) is 5.58. The number of aromatic nitrogens is 3. The lowest BCUT2D eigenvalue weighted by Gasteiger charge is -2.23. The van der Waals surface area contributed by atoms with Gasteiger partial charge in [-0.25, -0.2) is 8.42 Å². The number of hydrogen-bond donors (Lipinski definition) is 0. The molecule has 0 spiro atoms. The second-order valence-electron chi connectivity index (χ2n) is 5.81. The Morgan fingerprint density at radius 2 is 1.92 bits per heavy atom. The average molecular weight is 397 g/mol. The van der Waals surface area contributed by atoms with Gasteiger partial charge in [-0.2, -0.15) is 4.31 Å². The molecule has 1 saturated heterocycles. The Balaban J connectivity index is 1.80. The van der Waals surface area contributed by atoms with Crippen LogP contribution in [0.5, 0.6) is 0 Å². The molecular weight excluding hydrogens is 383 g/mol. The van der Waals surface area contributed by atoms with E-state index in [4.69, 9.17) is 23.2 Å². The zero-order valence-electron chi connectivity index (χ0n) is 13.0. The largest absolute Gasteiger partial charge is 0.285 e. The lowest BCUT2D eigenvalue weighted by atomic mass is 10.2. The molecule has 0 saturated carbocycles. The lowest BCUT2D eigenvalue weighted by molar-refractivity contribution is 0.381. The first-order chi connectivity index (χ1) is 12.0. The third-order valence-electron chi connectivity index (χ3n) is 4.34. The normalized spacial score (nSPS) is 18.9. The highest BCUT2D eigenvalue weighted by atomic mass is 35.5. The number of fused-ring (bicyclic) bond motifs is 1. The van der Waals surface area contributed by atoms with Gasteiger partial charge >= 0.3 is 0 Å². The summed E-state index contributed by atoms with van der Waals surface area (Å²) in [7, 11) is -3.80. The van der Waals surface area contributed by atoms with E-state index in [2.05, 4.69) is 10.2 Å². The van der Waals surface area contributed by atoms with Crippen molar-refractivity contribution in [2.75, 3.05) is 6.54 Å². The van der Waals surface area contributed by atoms with Crippen molar-refractivity contribution >= 4 is 38.9 Å². The number of rotatable bonds is 3. The van der Waals surface area contributed by atoms with Crippen molar-refractivity contribution in [3.05, 3.63) is 58.5 Å². The molecule has 0 N–H and O–H groups in total. The molecule has 0 radical (unpaired) electrons. The Morgan fingerprint density at radius 1 is 1.08 bits per heavy atom. The summed E-state index contributed by atoms with van der Waals surface area (Å²) in [5, 5.41) is 8.61. The quantitative estimate of drug-likeness (QED) is 0.678. The summed E-state index contributed by atoms with van der Waals surface area (Å²) in [6.45, 7) is 0.400. The summed E-state index contributed by atoms with van der Waals surface area (Å²) in [6, 6.07) is 9.79. The highest BCUT2D eigenvalue weighted by Gasteiger charge is 2.39. The average Bonchev–Trinajstić information content (AvgIpc) is 3.23. The maximum absolute atomic E-state index is 13.2. The summed E-state index contributed by atoms with van der Waals surface area (Å²) in [5.41, 5.74) is 0.683. The molecule has 3 aromatic rings. The zero-order chi connectivity index (χ0) is 17.6. The summed E-state index contributed by atoms with van der Waals surface area (Å²) < 4.78 is 29.6. The number of nitrogens with zero attached hydrogens (tertiary/aromatic N) is 4. The van der Waals surface area contributed by atoms with Crippen molar-refractivity contribution in [1.29, 1.82) is 0 Å². The minimum absolute atomic E-state index is 0.0161. The summed E-state index contributed by atoms with van der Waals surface area (Å²) >= 11 is 12.2. The van der Waals surface area contributed by atoms with Crippen LogP contribution >= 0.6 is 23.2 Å². The van der Waals surface area contributed by atoms with Crippen LogP contribution in [0.4, 0.5) is 0 Å². The molecule has 1 aliphatic rings. The maximum atomic E-state index is 13.2. The minimum Gasteiger partial charge on any atom is -0.285 e. The van der Waals surface area contributed by atoms with Gasteiger partial charge in [0.15, 0.2) is 11.5 Å². The maximum Gasteiger partial charge on any atom is 0.245 e. The van der Waals surface area contributed by atoms with Crippen molar-refractivity contribution in [2.45, 2.75) is 23.8 Å².